The first-order chi connectivity index (χ1) is 7.75. The van der Waals surface area contributed by atoms with E-state index in [0.29, 0.717) is 12.1 Å². The molecule has 2 saturated heterocycles. The first-order valence-corrected chi connectivity index (χ1v) is 6.49. The zero-order chi connectivity index (χ0) is 11.4. The monoisotopic (exact) mass is 227 g/mol. The van der Waals surface area contributed by atoms with Gasteiger partial charge in [0.15, 0.2) is 0 Å². The highest BCUT2D eigenvalue weighted by molar-refractivity contribution is 4.79. The molecule has 0 bridgehead atoms. The molecule has 0 aromatic heterocycles. The number of likely N-dealkylation sites (N-methyl/N-ethyl adjacent to an activating group) is 1. The molecule has 16 heavy (non-hydrogen) atoms. The molecule has 94 valence electrons. The van der Waals surface area contributed by atoms with E-state index in [1.807, 2.05) is 0 Å². The van der Waals surface area contributed by atoms with Crippen LogP contribution in [0.1, 0.15) is 13.3 Å². The van der Waals surface area contributed by atoms with Crippen LogP contribution in [0.2, 0.25) is 0 Å². The van der Waals surface area contributed by atoms with Gasteiger partial charge in [-0.25, -0.2) is 0 Å². The first-order valence-electron chi connectivity index (χ1n) is 6.49. The van der Waals surface area contributed by atoms with Crippen LogP contribution in [0, 0.1) is 0 Å². The third-order valence-corrected chi connectivity index (χ3v) is 3.73. The Bertz CT molecular complexity index is 206. The zero-order valence-corrected chi connectivity index (χ0v) is 10.6. The molecule has 0 radical (unpaired) electrons. The van der Waals surface area contributed by atoms with Gasteiger partial charge in [-0.15, -0.1) is 0 Å². The Balaban J connectivity index is 1.68. The van der Waals surface area contributed by atoms with Gasteiger partial charge in [0.1, 0.15) is 0 Å². The number of hydrogen-bond acceptors (Lipinski definition) is 4. The van der Waals surface area contributed by atoms with Crippen LogP contribution in [0.4, 0.5) is 0 Å². The van der Waals surface area contributed by atoms with Crippen LogP contribution < -0.4 is 5.32 Å². The molecule has 2 unspecified atom stereocenters. The Morgan fingerprint density at radius 2 is 2.25 bits per heavy atom. The van der Waals surface area contributed by atoms with Crippen LogP contribution in [-0.2, 0) is 4.74 Å². The van der Waals surface area contributed by atoms with Gasteiger partial charge >= 0.3 is 0 Å². The third kappa shape index (κ3) is 3.42. The molecule has 2 atom stereocenters. The van der Waals surface area contributed by atoms with E-state index in [1.165, 1.54) is 32.6 Å². The fourth-order valence-corrected chi connectivity index (χ4v) is 2.64. The van der Waals surface area contributed by atoms with Crippen LogP contribution in [0.5, 0.6) is 0 Å². The minimum absolute atomic E-state index is 0.570. The van der Waals surface area contributed by atoms with Gasteiger partial charge in [-0.1, -0.05) is 0 Å². The van der Waals surface area contributed by atoms with Crippen molar-refractivity contribution in [3.8, 4) is 0 Å². The summed E-state index contributed by atoms with van der Waals surface area (Å²) in [5, 5.41) is 3.52. The predicted molar refractivity (Wildman–Crippen MR) is 65.8 cm³/mol. The van der Waals surface area contributed by atoms with Gasteiger partial charge in [-0.2, -0.15) is 0 Å². The van der Waals surface area contributed by atoms with E-state index >= 15 is 0 Å². The molecule has 2 rings (SSSR count). The zero-order valence-electron chi connectivity index (χ0n) is 10.6. The number of rotatable bonds is 3. The van der Waals surface area contributed by atoms with Crippen molar-refractivity contribution in [2.45, 2.75) is 25.4 Å². The van der Waals surface area contributed by atoms with Gasteiger partial charge in [0, 0.05) is 44.8 Å². The van der Waals surface area contributed by atoms with E-state index < -0.39 is 0 Å². The highest BCUT2D eigenvalue weighted by atomic mass is 16.5. The van der Waals surface area contributed by atoms with E-state index in [1.54, 1.807) is 0 Å². The Hall–Kier alpha value is -0.160. The molecular formula is C12H25N3O. The summed E-state index contributed by atoms with van der Waals surface area (Å²) >= 11 is 0. The Morgan fingerprint density at radius 1 is 1.38 bits per heavy atom. The van der Waals surface area contributed by atoms with E-state index in [4.69, 9.17) is 4.74 Å². The van der Waals surface area contributed by atoms with Crippen molar-refractivity contribution in [1.29, 1.82) is 0 Å². The fourth-order valence-electron chi connectivity index (χ4n) is 2.64. The molecular weight excluding hydrogens is 202 g/mol. The van der Waals surface area contributed by atoms with Crippen LogP contribution >= 0.6 is 0 Å². The summed E-state index contributed by atoms with van der Waals surface area (Å²) in [5.41, 5.74) is 0. The number of morpholine rings is 1. The highest BCUT2D eigenvalue weighted by Gasteiger charge is 2.22. The number of ether oxygens (including phenoxy) is 1. The quantitative estimate of drug-likeness (QED) is 0.734. The molecule has 2 heterocycles. The standard InChI is InChI=1S/C12H25N3O/c1-11-9-14(2)6-7-15(11)5-3-12-10-16-8-4-13-12/h11-13H,3-10H2,1-2H3. The lowest BCUT2D eigenvalue weighted by Crippen LogP contribution is -2.52. The Morgan fingerprint density at radius 3 is 2.94 bits per heavy atom. The summed E-state index contributed by atoms with van der Waals surface area (Å²) in [5.74, 6) is 0. The minimum atomic E-state index is 0.570. The average Bonchev–Trinajstić information content (AvgIpc) is 2.29. The lowest BCUT2D eigenvalue weighted by molar-refractivity contribution is 0.0576. The predicted octanol–water partition coefficient (Wildman–Crippen LogP) is 0.000800. The second kappa shape index (κ2) is 5.96. The van der Waals surface area contributed by atoms with Gasteiger partial charge in [0.25, 0.3) is 0 Å². The van der Waals surface area contributed by atoms with Crippen molar-refractivity contribution in [2.75, 3.05) is 53.0 Å². The summed E-state index contributed by atoms with van der Waals surface area (Å²) in [4.78, 5) is 5.03. The molecule has 4 heteroatoms. The maximum Gasteiger partial charge on any atom is 0.0620 e. The van der Waals surface area contributed by atoms with E-state index in [9.17, 15) is 0 Å². The summed E-state index contributed by atoms with van der Waals surface area (Å²) in [6.45, 7) is 9.95. The fraction of sp³-hybridized carbons (Fsp3) is 1.00. The van der Waals surface area contributed by atoms with Crippen molar-refractivity contribution < 1.29 is 4.74 Å². The number of nitrogens with one attached hydrogen (secondary N) is 1. The van der Waals surface area contributed by atoms with Crippen molar-refractivity contribution in [2.24, 2.45) is 0 Å². The first kappa shape index (κ1) is 12.3. The average molecular weight is 227 g/mol. The lowest BCUT2D eigenvalue weighted by atomic mass is 10.1. The molecule has 2 aliphatic heterocycles. The molecule has 2 aliphatic rings. The normalized spacial score (nSPS) is 34.1. The van der Waals surface area contributed by atoms with Crippen LogP contribution in [-0.4, -0.2) is 74.9 Å². The molecule has 1 N–H and O–H groups in total. The third-order valence-electron chi connectivity index (χ3n) is 3.73. The number of piperazine rings is 1. The molecule has 0 aliphatic carbocycles. The summed E-state index contributed by atoms with van der Waals surface area (Å²) in [6.07, 6.45) is 1.22. The molecule has 2 fully saturated rings. The number of hydrogen-bond donors (Lipinski definition) is 1. The molecule has 4 nitrogen and oxygen atoms in total. The summed E-state index contributed by atoms with van der Waals surface area (Å²) < 4.78 is 5.48. The second-order valence-corrected chi connectivity index (χ2v) is 5.16. The van der Waals surface area contributed by atoms with Gasteiger partial charge in [-0.3, -0.25) is 4.90 Å². The summed E-state index contributed by atoms with van der Waals surface area (Å²) in [6, 6.07) is 1.27. The SMILES string of the molecule is CC1CN(C)CCN1CCC1COCCN1. The molecule has 0 aromatic rings. The van der Waals surface area contributed by atoms with Crippen molar-refractivity contribution >= 4 is 0 Å². The molecule has 0 aromatic carbocycles. The largest absolute Gasteiger partial charge is 0.379 e. The highest BCUT2D eigenvalue weighted by Crippen LogP contribution is 2.09. The maximum absolute atomic E-state index is 5.48. The van der Waals surface area contributed by atoms with Gasteiger partial charge in [-0.05, 0) is 20.4 Å². The minimum Gasteiger partial charge on any atom is -0.379 e. The molecule has 0 saturated carbocycles. The molecule has 0 amide bonds. The number of nitrogens with zero attached hydrogens (tertiary/aromatic N) is 2. The van der Waals surface area contributed by atoms with Gasteiger partial charge in [0.05, 0.1) is 13.2 Å². The van der Waals surface area contributed by atoms with Crippen LogP contribution in [0.25, 0.3) is 0 Å². The maximum atomic E-state index is 5.48. The van der Waals surface area contributed by atoms with Crippen molar-refractivity contribution in [3.63, 3.8) is 0 Å². The van der Waals surface area contributed by atoms with E-state index in [-0.39, 0.29) is 0 Å². The van der Waals surface area contributed by atoms with Gasteiger partial charge in [0.2, 0.25) is 0 Å². The van der Waals surface area contributed by atoms with E-state index in [2.05, 4.69) is 29.1 Å². The van der Waals surface area contributed by atoms with Crippen molar-refractivity contribution in [3.05, 3.63) is 0 Å². The topological polar surface area (TPSA) is 27.7 Å². The second-order valence-electron chi connectivity index (χ2n) is 5.16. The Kier molecular flexibility index (Phi) is 4.58. The van der Waals surface area contributed by atoms with Crippen LogP contribution in [0.15, 0.2) is 0 Å². The molecule has 0 spiro atoms. The van der Waals surface area contributed by atoms with E-state index in [0.717, 1.165) is 19.8 Å². The lowest BCUT2D eigenvalue weighted by Gasteiger charge is -2.39. The smallest absolute Gasteiger partial charge is 0.0620 e. The van der Waals surface area contributed by atoms with Gasteiger partial charge < -0.3 is 15.0 Å². The van der Waals surface area contributed by atoms with Crippen LogP contribution in [0.3, 0.4) is 0 Å². The Labute approximate surface area is 98.9 Å². The van der Waals surface area contributed by atoms with Crippen molar-refractivity contribution in [1.82, 2.24) is 15.1 Å². The summed E-state index contributed by atoms with van der Waals surface area (Å²) in [7, 11) is 2.21.